The summed E-state index contributed by atoms with van der Waals surface area (Å²) in [5, 5.41) is 0. The zero-order chi connectivity index (χ0) is 13.6. The lowest BCUT2D eigenvalue weighted by molar-refractivity contribution is 0.260. The number of aryl methyl sites for hydroxylation is 1. The van der Waals surface area contributed by atoms with Crippen LogP contribution in [0.3, 0.4) is 0 Å². The Morgan fingerprint density at radius 3 is 2.65 bits per heavy atom. The predicted octanol–water partition coefficient (Wildman–Crippen LogP) is 2.23. The van der Waals surface area contributed by atoms with E-state index < -0.39 is 10.0 Å². The van der Waals surface area contributed by atoms with E-state index in [9.17, 15) is 8.42 Å². The van der Waals surface area contributed by atoms with Crippen molar-refractivity contribution < 1.29 is 8.42 Å². The summed E-state index contributed by atoms with van der Waals surface area (Å²) in [6.45, 7) is 3.19. The molecular weight excluding hydrogens is 316 g/mol. The number of thiophene rings is 1. The summed E-state index contributed by atoms with van der Waals surface area (Å²) in [6.07, 6.45) is 3.29. The minimum atomic E-state index is -3.30. The highest BCUT2D eigenvalue weighted by atomic mass is 35.5. The first kappa shape index (κ1) is 16.2. The third-order valence-corrected chi connectivity index (χ3v) is 7.73. The lowest BCUT2D eigenvalue weighted by Crippen LogP contribution is -2.38. The Morgan fingerprint density at radius 2 is 2.05 bits per heavy atom. The van der Waals surface area contributed by atoms with Gasteiger partial charge in [-0.3, -0.25) is 0 Å². The third kappa shape index (κ3) is 2.76. The van der Waals surface area contributed by atoms with Gasteiger partial charge in [-0.25, -0.2) is 8.42 Å². The number of nitrogens with zero attached hydrogens (tertiary/aromatic N) is 1. The van der Waals surface area contributed by atoms with Crippen molar-refractivity contribution in [2.45, 2.75) is 36.4 Å². The van der Waals surface area contributed by atoms with E-state index in [4.69, 9.17) is 5.73 Å². The molecule has 1 saturated heterocycles. The van der Waals surface area contributed by atoms with E-state index in [1.54, 1.807) is 10.4 Å². The fourth-order valence-corrected chi connectivity index (χ4v) is 6.32. The minimum Gasteiger partial charge on any atom is -0.327 e. The van der Waals surface area contributed by atoms with Gasteiger partial charge < -0.3 is 5.73 Å². The van der Waals surface area contributed by atoms with Gasteiger partial charge in [0, 0.05) is 24.0 Å². The molecule has 0 radical (unpaired) electrons. The average molecular weight is 337 g/mol. The van der Waals surface area contributed by atoms with Crippen molar-refractivity contribution in [1.82, 2.24) is 4.31 Å². The van der Waals surface area contributed by atoms with Crippen LogP contribution in [-0.4, -0.2) is 31.9 Å². The molecule has 4 nitrogen and oxygen atoms in total. The molecule has 0 bridgehead atoms. The fraction of sp³-hybridized carbons (Fsp3) is 0.692. The topological polar surface area (TPSA) is 63.4 Å². The van der Waals surface area contributed by atoms with Gasteiger partial charge in [0.25, 0.3) is 10.0 Å². The summed E-state index contributed by atoms with van der Waals surface area (Å²) in [4.78, 5) is 1.03. The molecule has 3 rings (SSSR count). The Labute approximate surface area is 130 Å². The Bertz CT molecular complexity index is 573. The lowest BCUT2D eigenvalue weighted by Gasteiger charge is -2.29. The summed E-state index contributed by atoms with van der Waals surface area (Å²) in [5.74, 6) is 0.809. The van der Waals surface area contributed by atoms with Crippen molar-refractivity contribution in [2.75, 3.05) is 13.1 Å². The number of rotatable bonds is 2. The molecule has 1 aliphatic heterocycles. The number of nitrogens with two attached hydrogens (primary N) is 1. The van der Waals surface area contributed by atoms with Crippen LogP contribution in [0.15, 0.2) is 16.3 Å². The lowest BCUT2D eigenvalue weighted by atomic mass is 9.78. The number of halogens is 1. The van der Waals surface area contributed by atoms with Gasteiger partial charge in [-0.1, -0.05) is 6.42 Å². The van der Waals surface area contributed by atoms with Crippen molar-refractivity contribution in [3.8, 4) is 0 Å². The molecular formula is C13H21ClN2O2S2. The van der Waals surface area contributed by atoms with Crippen LogP contribution in [-0.2, 0) is 10.0 Å². The van der Waals surface area contributed by atoms with Gasteiger partial charge in [0.1, 0.15) is 4.21 Å². The molecule has 7 heteroatoms. The Kier molecular flexibility index (Phi) is 4.81. The number of hydrogen-bond acceptors (Lipinski definition) is 4. The second-order valence-electron chi connectivity index (χ2n) is 5.71. The highest BCUT2D eigenvalue weighted by Crippen LogP contribution is 2.38. The van der Waals surface area contributed by atoms with E-state index in [0.717, 1.165) is 24.1 Å². The van der Waals surface area contributed by atoms with Gasteiger partial charge in [0.15, 0.2) is 0 Å². The number of sulfonamides is 1. The average Bonchev–Trinajstić information content (AvgIpc) is 2.96. The SMILES string of the molecule is Cc1ccc(S(=O)(=O)N2CC3CCCC(N)C3C2)s1.Cl. The zero-order valence-corrected chi connectivity index (χ0v) is 13.9. The van der Waals surface area contributed by atoms with Crippen LogP contribution < -0.4 is 5.73 Å². The van der Waals surface area contributed by atoms with E-state index in [1.165, 1.54) is 11.3 Å². The van der Waals surface area contributed by atoms with Gasteiger partial charge >= 0.3 is 0 Å². The van der Waals surface area contributed by atoms with Gasteiger partial charge in [-0.15, -0.1) is 23.7 Å². The van der Waals surface area contributed by atoms with Crippen LogP contribution in [0.1, 0.15) is 24.1 Å². The second kappa shape index (κ2) is 5.93. The molecule has 0 spiro atoms. The van der Waals surface area contributed by atoms with Crippen molar-refractivity contribution in [3.63, 3.8) is 0 Å². The van der Waals surface area contributed by atoms with Gasteiger partial charge in [-0.05, 0) is 43.7 Å². The molecule has 1 aromatic heterocycles. The molecule has 2 aliphatic rings. The third-order valence-electron chi connectivity index (χ3n) is 4.43. The quantitative estimate of drug-likeness (QED) is 0.900. The summed E-state index contributed by atoms with van der Waals surface area (Å²) in [6, 6.07) is 3.76. The highest BCUT2D eigenvalue weighted by molar-refractivity contribution is 7.91. The summed E-state index contributed by atoms with van der Waals surface area (Å²) >= 11 is 1.35. The van der Waals surface area contributed by atoms with Crippen LogP contribution in [0.2, 0.25) is 0 Å². The van der Waals surface area contributed by atoms with Crippen molar-refractivity contribution >= 4 is 33.8 Å². The summed E-state index contributed by atoms with van der Waals surface area (Å²) in [7, 11) is -3.30. The van der Waals surface area contributed by atoms with Crippen LogP contribution >= 0.6 is 23.7 Å². The van der Waals surface area contributed by atoms with Crippen molar-refractivity contribution in [1.29, 1.82) is 0 Å². The second-order valence-corrected chi connectivity index (χ2v) is 9.16. The molecule has 0 amide bonds. The van der Waals surface area contributed by atoms with Crippen molar-refractivity contribution in [3.05, 3.63) is 17.0 Å². The van der Waals surface area contributed by atoms with Crippen LogP contribution in [0.5, 0.6) is 0 Å². The Balaban J connectivity index is 0.00000147. The van der Waals surface area contributed by atoms with Gasteiger partial charge in [0.2, 0.25) is 0 Å². The van der Waals surface area contributed by atoms with E-state index in [2.05, 4.69) is 0 Å². The van der Waals surface area contributed by atoms with E-state index in [-0.39, 0.29) is 18.4 Å². The monoisotopic (exact) mass is 336 g/mol. The van der Waals surface area contributed by atoms with Gasteiger partial charge in [-0.2, -0.15) is 4.31 Å². The molecule has 1 aliphatic carbocycles. The molecule has 3 unspecified atom stereocenters. The maximum Gasteiger partial charge on any atom is 0.252 e. The largest absolute Gasteiger partial charge is 0.327 e. The van der Waals surface area contributed by atoms with Crippen molar-refractivity contribution in [2.24, 2.45) is 17.6 Å². The first-order valence-corrected chi connectivity index (χ1v) is 9.06. The fourth-order valence-electron chi connectivity index (χ4n) is 3.35. The van der Waals surface area contributed by atoms with E-state index >= 15 is 0 Å². The molecule has 2 N–H and O–H groups in total. The summed E-state index contributed by atoms with van der Waals surface area (Å²) < 4.78 is 27.3. The maximum absolute atomic E-state index is 12.6. The van der Waals surface area contributed by atoms with E-state index in [0.29, 0.717) is 29.1 Å². The molecule has 0 aromatic carbocycles. The molecule has 1 aromatic rings. The standard InChI is InChI=1S/C13H20N2O2S2.ClH/c1-9-5-6-13(18-9)19(16,17)15-7-10-3-2-4-12(14)11(10)8-15;/h5-6,10-12H,2-4,7-8,14H2,1H3;1H. The highest BCUT2D eigenvalue weighted by Gasteiger charge is 2.43. The maximum atomic E-state index is 12.6. The van der Waals surface area contributed by atoms with Crippen LogP contribution in [0.25, 0.3) is 0 Å². The first-order chi connectivity index (χ1) is 8.98. The minimum absolute atomic E-state index is 0. The van der Waals surface area contributed by atoms with E-state index in [1.807, 2.05) is 13.0 Å². The molecule has 1 saturated carbocycles. The Hall–Kier alpha value is -0.140. The van der Waals surface area contributed by atoms with Crippen LogP contribution in [0.4, 0.5) is 0 Å². The first-order valence-electron chi connectivity index (χ1n) is 6.80. The normalized spacial score (nSPS) is 30.8. The molecule has 20 heavy (non-hydrogen) atoms. The molecule has 114 valence electrons. The zero-order valence-electron chi connectivity index (χ0n) is 11.5. The molecule has 3 atom stereocenters. The summed E-state index contributed by atoms with van der Waals surface area (Å²) in [5.41, 5.74) is 6.15. The van der Waals surface area contributed by atoms with Crippen LogP contribution in [0, 0.1) is 18.8 Å². The van der Waals surface area contributed by atoms with Gasteiger partial charge in [0.05, 0.1) is 0 Å². The molecule has 2 heterocycles. The smallest absolute Gasteiger partial charge is 0.252 e. The molecule has 2 fully saturated rings. The number of fused-ring (bicyclic) bond motifs is 1. The Morgan fingerprint density at radius 1 is 1.30 bits per heavy atom. The predicted molar refractivity (Wildman–Crippen MR) is 83.9 cm³/mol. The number of hydrogen-bond donors (Lipinski definition) is 1.